The Morgan fingerprint density at radius 2 is 0.950 bits per heavy atom. The average molecular weight is 515 g/mol. The van der Waals surface area contributed by atoms with Gasteiger partial charge in [0.05, 0.1) is 0 Å². The second-order valence-corrected chi connectivity index (χ2v) is 10.3. The van der Waals surface area contributed by atoms with Gasteiger partial charge in [0, 0.05) is 35.5 Å². The number of hydrogen-bond donors (Lipinski definition) is 0. The summed E-state index contributed by atoms with van der Waals surface area (Å²) in [4.78, 5) is 4.54. The molecule has 0 aromatic heterocycles. The lowest BCUT2D eigenvalue weighted by Crippen LogP contribution is -2.11. The van der Waals surface area contributed by atoms with E-state index in [2.05, 4.69) is 169 Å². The van der Waals surface area contributed by atoms with Gasteiger partial charge in [-0.15, -0.1) is 0 Å². The van der Waals surface area contributed by atoms with E-state index in [1.807, 2.05) is 0 Å². The fourth-order valence-corrected chi connectivity index (χ4v) is 5.77. The molecule has 40 heavy (non-hydrogen) atoms. The zero-order valence-electron chi connectivity index (χ0n) is 22.5. The van der Waals surface area contributed by atoms with E-state index in [9.17, 15) is 0 Å². The first-order valence-corrected chi connectivity index (χ1v) is 13.8. The lowest BCUT2D eigenvalue weighted by molar-refractivity contribution is 1.20. The molecule has 0 heterocycles. The molecule has 0 bridgehead atoms. The van der Waals surface area contributed by atoms with Gasteiger partial charge >= 0.3 is 0 Å². The number of rotatable bonds is 6. The summed E-state index contributed by atoms with van der Waals surface area (Å²) in [6.07, 6.45) is 1.02. The van der Waals surface area contributed by atoms with Crippen LogP contribution in [0.15, 0.2) is 152 Å². The molecule has 0 atom stereocenters. The Balaban J connectivity index is 1.18. The van der Waals surface area contributed by atoms with Crippen LogP contribution in [-0.2, 0) is 6.42 Å². The molecule has 0 amide bonds. The molecule has 0 fully saturated rings. The van der Waals surface area contributed by atoms with Gasteiger partial charge in [0.1, 0.15) is 0 Å². The Morgan fingerprint density at radius 3 is 1.68 bits per heavy atom. The van der Waals surface area contributed by atoms with Gasteiger partial charge in [-0.3, -0.25) is 0 Å². The van der Waals surface area contributed by atoms with Crippen LogP contribution in [-0.4, -0.2) is 7.05 Å². The van der Waals surface area contributed by atoms with Gasteiger partial charge in [-0.1, -0.05) is 84.9 Å². The van der Waals surface area contributed by atoms with Crippen molar-refractivity contribution in [3.05, 3.63) is 163 Å². The third kappa shape index (κ3) is 4.44. The van der Waals surface area contributed by atoms with Crippen molar-refractivity contribution in [2.24, 2.45) is 0 Å². The van der Waals surface area contributed by atoms with E-state index in [1.54, 1.807) is 0 Å². The molecule has 0 spiro atoms. The van der Waals surface area contributed by atoms with Crippen molar-refractivity contribution in [3.63, 3.8) is 0 Å². The van der Waals surface area contributed by atoms with Gasteiger partial charge in [0.2, 0.25) is 0 Å². The largest absolute Gasteiger partial charge is 0.345 e. The Labute approximate surface area is 236 Å². The maximum Gasteiger partial charge on any atom is 0.0463 e. The summed E-state index contributed by atoms with van der Waals surface area (Å²) in [7, 11) is 2.14. The van der Waals surface area contributed by atoms with Crippen LogP contribution in [0.25, 0.3) is 22.3 Å². The van der Waals surface area contributed by atoms with Crippen LogP contribution < -0.4 is 9.80 Å². The molecule has 7 rings (SSSR count). The first-order valence-electron chi connectivity index (χ1n) is 13.8. The standard InChI is InChI=1S/C38H30N2/c1-39(32-21-23-35(24-22-32)40(33-13-4-2-5-14-33)34-15-6-3-7-16-34)36-17-10-12-28(26-36)29-19-20-31-25-30-11-8-9-18-37(30)38(31)27-29/h2-24,26-27H,25H2,1H3. The highest BCUT2D eigenvalue weighted by Gasteiger charge is 2.18. The average Bonchev–Trinajstić information content (AvgIpc) is 3.40. The fourth-order valence-electron chi connectivity index (χ4n) is 5.77. The number of anilines is 5. The third-order valence-corrected chi connectivity index (χ3v) is 7.89. The molecule has 6 aromatic rings. The van der Waals surface area contributed by atoms with Gasteiger partial charge in [0.25, 0.3) is 0 Å². The van der Waals surface area contributed by atoms with Crippen LogP contribution in [0.5, 0.6) is 0 Å². The zero-order valence-corrected chi connectivity index (χ0v) is 22.5. The Kier molecular flexibility index (Phi) is 6.14. The smallest absolute Gasteiger partial charge is 0.0463 e. The Hall–Kier alpha value is -5.08. The van der Waals surface area contributed by atoms with E-state index in [0.717, 1.165) is 34.9 Å². The SMILES string of the molecule is CN(c1ccc(N(c2ccccc2)c2ccccc2)cc1)c1cccc(-c2ccc3c(c2)-c2ccccc2C3)c1. The summed E-state index contributed by atoms with van der Waals surface area (Å²) in [6, 6.07) is 54.4. The summed E-state index contributed by atoms with van der Waals surface area (Å²) in [5, 5.41) is 0. The minimum atomic E-state index is 1.02. The molecule has 0 radical (unpaired) electrons. The van der Waals surface area contributed by atoms with Crippen molar-refractivity contribution in [1.29, 1.82) is 0 Å². The maximum atomic E-state index is 2.36. The lowest BCUT2D eigenvalue weighted by atomic mass is 9.98. The van der Waals surface area contributed by atoms with Crippen molar-refractivity contribution in [1.82, 2.24) is 0 Å². The van der Waals surface area contributed by atoms with Crippen molar-refractivity contribution in [2.45, 2.75) is 6.42 Å². The van der Waals surface area contributed by atoms with E-state index < -0.39 is 0 Å². The number of hydrogen-bond acceptors (Lipinski definition) is 2. The van der Waals surface area contributed by atoms with E-state index >= 15 is 0 Å². The molecule has 1 aliphatic rings. The molecule has 0 saturated heterocycles. The molecule has 192 valence electrons. The quantitative estimate of drug-likeness (QED) is 0.218. The molecule has 0 aliphatic heterocycles. The maximum absolute atomic E-state index is 2.36. The van der Waals surface area contributed by atoms with Crippen LogP contribution in [0.3, 0.4) is 0 Å². The summed E-state index contributed by atoms with van der Waals surface area (Å²) < 4.78 is 0. The number of para-hydroxylation sites is 2. The van der Waals surface area contributed by atoms with Gasteiger partial charge in [0.15, 0.2) is 0 Å². The molecule has 1 aliphatic carbocycles. The van der Waals surface area contributed by atoms with E-state index in [-0.39, 0.29) is 0 Å². The number of nitrogens with zero attached hydrogens (tertiary/aromatic N) is 2. The molecule has 0 unspecified atom stereocenters. The third-order valence-electron chi connectivity index (χ3n) is 7.89. The molecule has 2 nitrogen and oxygen atoms in total. The molecular formula is C38H30N2. The molecule has 6 aromatic carbocycles. The normalized spacial score (nSPS) is 11.5. The Bertz CT molecular complexity index is 1730. The monoisotopic (exact) mass is 514 g/mol. The minimum absolute atomic E-state index is 1.02. The van der Waals surface area contributed by atoms with Crippen molar-refractivity contribution in [3.8, 4) is 22.3 Å². The van der Waals surface area contributed by atoms with E-state index in [0.29, 0.717) is 0 Å². The van der Waals surface area contributed by atoms with Crippen LogP contribution >= 0.6 is 0 Å². The number of fused-ring (bicyclic) bond motifs is 3. The Morgan fingerprint density at radius 1 is 0.400 bits per heavy atom. The van der Waals surface area contributed by atoms with Crippen molar-refractivity contribution in [2.75, 3.05) is 16.8 Å². The van der Waals surface area contributed by atoms with Gasteiger partial charge < -0.3 is 9.80 Å². The second kappa shape index (κ2) is 10.2. The van der Waals surface area contributed by atoms with Crippen LogP contribution in [0.1, 0.15) is 11.1 Å². The predicted octanol–water partition coefficient (Wildman–Crippen LogP) is 10.2. The predicted molar refractivity (Wildman–Crippen MR) is 169 cm³/mol. The van der Waals surface area contributed by atoms with Crippen LogP contribution in [0.4, 0.5) is 28.4 Å². The first kappa shape index (κ1) is 24.0. The highest BCUT2D eigenvalue weighted by atomic mass is 15.1. The van der Waals surface area contributed by atoms with Gasteiger partial charge in [-0.25, -0.2) is 0 Å². The van der Waals surface area contributed by atoms with Crippen LogP contribution in [0.2, 0.25) is 0 Å². The van der Waals surface area contributed by atoms with Gasteiger partial charge in [-0.05, 0) is 107 Å². The first-order chi connectivity index (χ1) is 19.7. The fraction of sp³-hybridized carbons (Fsp3) is 0.0526. The van der Waals surface area contributed by atoms with E-state index in [4.69, 9.17) is 0 Å². The zero-order chi connectivity index (χ0) is 26.9. The van der Waals surface area contributed by atoms with Gasteiger partial charge in [-0.2, -0.15) is 0 Å². The van der Waals surface area contributed by atoms with Crippen LogP contribution in [0, 0.1) is 0 Å². The summed E-state index contributed by atoms with van der Waals surface area (Å²) in [5.74, 6) is 0. The van der Waals surface area contributed by atoms with E-state index in [1.165, 1.54) is 33.4 Å². The highest BCUT2D eigenvalue weighted by molar-refractivity contribution is 5.83. The molecular weight excluding hydrogens is 484 g/mol. The van der Waals surface area contributed by atoms with Crippen molar-refractivity contribution >= 4 is 28.4 Å². The molecule has 0 N–H and O–H groups in total. The number of benzene rings is 6. The minimum Gasteiger partial charge on any atom is -0.345 e. The topological polar surface area (TPSA) is 6.48 Å². The van der Waals surface area contributed by atoms with Crippen molar-refractivity contribution < 1.29 is 0 Å². The lowest BCUT2D eigenvalue weighted by Gasteiger charge is -2.26. The molecule has 2 heteroatoms. The second-order valence-electron chi connectivity index (χ2n) is 10.3. The summed E-state index contributed by atoms with van der Waals surface area (Å²) in [5.41, 5.74) is 13.8. The summed E-state index contributed by atoms with van der Waals surface area (Å²) >= 11 is 0. The highest BCUT2D eigenvalue weighted by Crippen LogP contribution is 2.40. The summed E-state index contributed by atoms with van der Waals surface area (Å²) in [6.45, 7) is 0. The molecule has 0 saturated carbocycles.